The third-order valence-corrected chi connectivity index (χ3v) is 3.24. The highest BCUT2D eigenvalue weighted by atomic mass is 79.9. The fraction of sp³-hybridized carbons (Fsp3) is 0.0714. The van der Waals surface area contributed by atoms with Gasteiger partial charge in [0.15, 0.2) is 0 Å². The largest absolute Gasteiger partial charge is 0.288 e. The molecular formula is C14H11Br2N. The zero-order valence-corrected chi connectivity index (χ0v) is 12.3. The van der Waals surface area contributed by atoms with Gasteiger partial charge in [0.05, 0.1) is 6.54 Å². The fourth-order valence-electron chi connectivity index (χ4n) is 1.48. The molecule has 17 heavy (non-hydrogen) atoms. The Morgan fingerprint density at radius 3 is 2.35 bits per heavy atom. The Kier molecular flexibility index (Phi) is 4.51. The van der Waals surface area contributed by atoms with Crippen LogP contribution in [0.15, 0.2) is 62.5 Å². The number of benzene rings is 2. The first-order valence-corrected chi connectivity index (χ1v) is 6.82. The van der Waals surface area contributed by atoms with Crippen molar-refractivity contribution in [2.24, 2.45) is 4.99 Å². The van der Waals surface area contributed by atoms with Gasteiger partial charge in [-0.1, -0.05) is 56.1 Å². The van der Waals surface area contributed by atoms with Crippen LogP contribution in [0.4, 0.5) is 0 Å². The van der Waals surface area contributed by atoms with E-state index in [0.717, 1.165) is 14.5 Å². The van der Waals surface area contributed by atoms with Crippen LogP contribution in [0.2, 0.25) is 0 Å². The molecular weight excluding hydrogens is 342 g/mol. The summed E-state index contributed by atoms with van der Waals surface area (Å²) in [5, 5.41) is 0. The molecule has 0 amide bonds. The molecule has 0 heterocycles. The Labute approximate surface area is 118 Å². The minimum Gasteiger partial charge on any atom is -0.288 e. The maximum atomic E-state index is 4.43. The van der Waals surface area contributed by atoms with Crippen molar-refractivity contribution in [3.63, 3.8) is 0 Å². The van der Waals surface area contributed by atoms with Gasteiger partial charge in [-0.05, 0) is 35.4 Å². The van der Waals surface area contributed by atoms with Crippen LogP contribution in [-0.4, -0.2) is 6.21 Å². The first-order valence-electron chi connectivity index (χ1n) is 5.24. The van der Waals surface area contributed by atoms with Gasteiger partial charge in [-0.3, -0.25) is 4.99 Å². The minimum absolute atomic E-state index is 0.700. The number of hydrogen-bond donors (Lipinski definition) is 0. The highest BCUT2D eigenvalue weighted by molar-refractivity contribution is 9.10. The van der Waals surface area contributed by atoms with Crippen LogP contribution in [0.1, 0.15) is 11.1 Å². The third kappa shape index (κ3) is 4.10. The number of halogens is 2. The van der Waals surface area contributed by atoms with Gasteiger partial charge in [0, 0.05) is 15.2 Å². The second-order valence-corrected chi connectivity index (χ2v) is 5.49. The second-order valence-electron chi connectivity index (χ2n) is 3.65. The first-order chi connectivity index (χ1) is 8.24. The average molecular weight is 353 g/mol. The summed E-state index contributed by atoms with van der Waals surface area (Å²) in [5.41, 5.74) is 2.31. The summed E-state index contributed by atoms with van der Waals surface area (Å²) in [6.07, 6.45) is 1.89. The smallest absolute Gasteiger partial charge is 0.0640 e. The highest BCUT2D eigenvalue weighted by Crippen LogP contribution is 2.13. The van der Waals surface area contributed by atoms with E-state index in [9.17, 15) is 0 Å². The molecule has 0 spiro atoms. The van der Waals surface area contributed by atoms with E-state index in [1.54, 1.807) is 0 Å². The fourth-order valence-corrected chi connectivity index (χ4v) is 2.34. The van der Waals surface area contributed by atoms with E-state index < -0.39 is 0 Å². The number of nitrogens with zero attached hydrogens (tertiary/aromatic N) is 1. The Balaban J connectivity index is 2.03. The van der Waals surface area contributed by atoms with Crippen molar-refractivity contribution >= 4 is 38.1 Å². The first kappa shape index (κ1) is 12.5. The molecule has 0 radical (unpaired) electrons. The summed E-state index contributed by atoms with van der Waals surface area (Å²) < 4.78 is 2.16. The van der Waals surface area contributed by atoms with Crippen LogP contribution < -0.4 is 0 Å². The van der Waals surface area contributed by atoms with Crippen molar-refractivity contribution in [3.05, 3.63) is 68.6 Å². The molecule has 2 aromatic rings. The van der Waals surface area contributed by atoms with E-state index in [2.05, 4.69) is 49.0 Å². The van der Waals surface area contributed by atoms with E-state index in [4.69, 9.17) is 0 Å². The van der Waals surface area contributed by atoms with Gasteiger partial charge in [-0.15, -0.1) is 0 Å². The van der Waals surface area contributed by atoms with Crippen LogP contribution in [0.3, 0.4) is 0 Å². The van der Waals surface area contributed by atoms with Gasteiger partial charge in [0.2, 0.25) is 0 Å². The zero-order valence-electron chi connectivity index (χ0n) is 9.11. The number of aliphatic imine (C=N–C) groups is 1. The molecule has 0 fully saturated rings. The second kappa shape index (κ2) is 6.12. The lowest BCUT2D eigenvalue weighted by atomic mass is 10.2. The van der Waals surface area contributed by atoms with E-state index >= 15 is 0 Å². The van der Waals surface area contributed by atoms with Crippen LogP contribution >= 0.6 is 31.9 Å². The number of hydrogen-bond acceptors (Lipinski definition) is 1. The van der Waals surface area contributed by atoms with Crippen LogP contribution in [0.5, 0.6) is 0 Å². The van der Waals surface area contributed by atoms with E-state index in [-0.39, 0.29) is 0 Å². The van der Waals surface area contributed by atoms with Crippen molar-refractivity contribution in [2.45, 2.75) is 6.54 Å². The molecule has 0 aromatic heterocycles. The van der Waals surface area contributed by atoms with Gasteiger partial charge < -0.3 is 0 Å². The Hall–Kier alpha value is -0.930. The molecule has 0 aliphatic carbocycles. The molecule has 0 bridgehead atoms. The summed E-state index contributed by atoms with van der Waals surface area (Å²) in [6.45, 7) is 0.700. The summed E-state index contributed by atoms with van der Waals surface area (Å²) in [7, 11) is 0. The van der Waals surface area contributed by atoms with Gasteiger partial charge in [0.1, 0.15) is 0 Å². The van der Waals surface area contributed by atoms with Crippen LogP contribution in [-0.2, 0) is 6.54 Å². The van der Waals surface area contributed by atoms with Crippen molar-refractivity contribution in [2.75, 3.05) is 0 Å². The predicted molar refractivity (Wildman–Crippen MR) is 79.6 cm³/mol. The van der Waals surface area contributed by atoms with Gasteiger partial charge >= 0.3 is 0 Å². The van der Waals surface area contributed by atoms with Gasteiger partial charge in [-0.25, -0.2) is 0 Å². The molecule has 2 rings (SSSR count). The molecule has 86 valence electrons. The third-order valence-electron chi connectivity index (χ3n) is 2.25. The Bertz CT molecular complexity index is 535. The molecule has 0 saturated heterocycles. The average Bonchev–Trinajstić information content (AvgIpc) is 2.29. The lowest BCUT2D eigenvalue weighted by molar-refractivity contribution is 1.07. The molecule has 1 nitrogen and oxygen atoms in total. The Morgan fingerprint density at radius 2 is 1.65 bits per heavy atom. The van der Waals surface area contributed by atoms with Crippen molar-refractivity contribution in [3.8, 4) is 0 Å². The van der Waals surface area contributed by atoms with Crippen molar-refractivity contribution in [1.29, 1.82) is 0 Å². The maximum Gasteiger partial charge on any atom is 0.0640 e. The van der Waals surface area contributed by atoms with Crippen LogP contribution in [0, 0.1) is 0 Å². The number of rotatable bonds is 3. The molecule has 2 aromatic carbocycles. The topological polar surface area (TPSA) is 12.4 Å². The molecule has 0 aliphatic heterocycles. The van der Waals surface area contributed by atoms with Crippen LogP contribution in [0.25, 0.3) is 0 Å². The van der Waals surface area contributed by atoms with Crippen molar-refractivity contribution < 1.29 is 0 Å². The maximum absolute atomic E-state index is 4.43. The monoisotopic (exact) mass is 351 g/mol. The summed E-state index contributed by atoms with van der Waals surface area (Å²) in [5.74, 6) is 0. The SMILES string of the molecule is Brc1cccc(C=NCc2cccc(Br)c2)c1. The van der Waals surface area contributed by atoms with Gasteiger partial charge in [-0.2, -0.15) is 0 Å². The van der Waals surface area contributed by atoms with E-state index in [1.807, 2.05) is 42.6 Å². The quantitative estimate of drug-likeness (QED) is 0.701. The lowest BCUT2D eigenvalue weighted by Crippen LogP contribution is -1.84. The predicted octanol–water partition coefficient (Wildman–Crippen LogP) is 4.83. The summed E-state index contributed by atoms with van der Waals surface area (Å²) >= 11 is 6.89. The lowest BCUT2D eigenvalue weighted by Gasteiger charge is -1.97. The van der Waals surface area contributed by atoms with Crippen molar-refractivity contribution in [1.82, 2.24) is 0 Å². The van der Waals surface area contributed by atoms with E-state index in [1.165, 1.54) is 5.56 Å². The molecule has 0 aliphatic rings. The standard InChI is InChI=1S/C14H11Br2N/c15-13-5-1-3-11(7-13)9-17-10-12-4-2-6-14(16)8-12/h1-9H,10H2. The Morgan fingerprint density at radius 1 is 0.941 bits per heavy atom. The minimum atomic E-state index is 0.700. The molecule has 0 N–H and O–H groups in total. The molecule has 3 heteroatoms. The highest BCUT2D eigenvalue weighted by Gasteiger charge is 1.92. The van der Waals surface area contributed by atoms with Gasteiger partial charge in [0.25, 0.3) is 0 Å². The normalized spacial score (nSPS) is 10.9. The zero-order chi connectivity index (χ0) is 12.1. The molecule has 0 saturated carbocycles. The summed E-state index contributed by atoms with van der Waals surface area (Å²) in [6, 6.07) is 16.3. The van der Waals surface area contributed by atoms with E-state index in [0.29, 0.717) is 6.54 Å². The molecule has 0 unspecified atom stereocenters. The summed E-state index contributed by atoms with van der Waals surface area (Å²) in [4.78, 5) is 4.43. The molecule has 0 atom stereocenters.